The molecule has 1 aromatic heterocycles. The predicted molar refractivity (Wildman–Crippen MR) is 102 cm³/mol. The summed E-state index contributed by atoms with van der Waals surface area (Å²) in [6.45, 7) is 1.58. The SMILES string of the molecule is COc1ccc(C(=O)OCC(=O)Nc2sc3c(c2C#N)CC[C@@H](C)C3)c(F)c1. The number of anilines is 1. The van der Waals surface area contributed by atoms with Gasteiger partial charge in [-0.15, -0.1) is 11.3 Å². The first kappa shape index (κ1) is 19.8. The van der Waals surface area contributed by atoms with Gasteiger partial charge in [-0.05, 0) is 42.9 Å². The summed E-state index contributed by atoms with van der Waals surface area (Å²) in [5, 5.41) is 12.6. The number of esters is 1. The van der Waals surface area contributed by atoms with E-state index in [1.54, 1.807) is 0 Å². The number of thiophene rings is 1. The normalized spacial score (nSPS) is 15.3. The highest BCUT2D eigenvalue weighted by Crippen LogP contribution is 2.39. The van der Waals surface area contributed by atoms with Gasteiger partial charge in [0.05, 0.1) is 18.2 Å². The van der Waals surface area contributed by atoms with Crippen LogP contribution in [0.2, 0.25) is 0 Å². The van der Waals surface area contributed by atoms with Crippen LogP contribution in [0.1, 0.15) is 39.7 Å². The molecule has 0 radical (unpaired) electrons. The highest BCUT2D eigenvalue weighted by molar-refractivity contribution is 7.16. The first-order valence-corrected chi connectivity index (χ1v) is 9.59. The molecule has 0 unspecified atom stereocenters. The zero-order valence-corrected chi connectivity index (χ0v) is 16.3. The van der Waals surface area contributed by atoms with E-state index in [9.17, 15) is 19.2 Å². The van der Waals surface area contributed by atoms with E-state index in [1.165, 1.54) is 30.6 Å². The van der Waals surface area contributed by atoms with Gasteiger partial charge < -0.3 is 14.8 Å². The zero-order valence-electron chi connectivity index (χ0n) is 15.5. The standard InChI is InChI=1S/C20H19FN2O4S/c1-11-3-5-13-15(9-22)19(28-17(13)7-11)23-18(24)10-27-20(25)14-6-4-12(26-2)8-16(14)21/h4,6,8,11H,3,5,7,10H2,1-2H3,(H,23,24)/t11-/m1/s1. The molecule has 0 saturated carbocycles. The number of nitriles is 1. The Bertz CT molecular complexity index is 964. The Hall–Kier alpha value is -2.92. The number of nitrogens with zero attached hydrogens (tertiary/aromatic N) is 1. The third-order valence-electron chi connectivity index (χ3n) is 4.61. The van der Waals surface area contributed by atoms with E-state index in [0.29, 0.717) is 16.5 Å². The molecule has 3 rings (SSSR count). The molecule has 1 aliphatic carbocycles. The van der Waals surface area contributed by atoms with Gasteiger partial charge in [-0.1, -0.05) is 6.92 Å². The molecule has 1 aromatic carbocycles. The quantitative estimate of drug-likeness (QED) is 0.771. The second kappa shape index (κ2) is 8.40. The maximum Gasteiger partial charge on any atom is 0.341 e. The maximum atomic E-state index is 13.9. The van der Waals surface area contributed by atoms with E-state index < -0.39 is 24.3 Å². The number of rotatable bonds is 5. The zero-order chi connectivity index (χ0) is 20.3. The van der Waals surface area contributed by atoms with Crippen molar-refractivity contribution >= 4 is 28.2 Å². The van der Waals surface area contributed by atoms with Crippen molar-refractivity contribution in [2.24, 2.45) is 5.92 Å². The lowest BCUT2D eigenvalue weighted by Gasteiger charge is -2.17. The van der Waals surface area contributed by atoms with E-state index in [-0.39, 0.29) is 11.3 Å². The molecule has 0 fully saturated rings. The van der Waals surface area contributed by atoms with Gasteiger partial charge in [0.2, 0.25) is 0 Å². The fourth-order valence-electron chi connectivity index (χ4n) is 3.12. The molecule has 6 nitrogen and oxygen atoms in total. The summed E-state index contributed by atoms with van der Waals surface area (Å²) >= 11 is 1.39. The molecule has 0 aliphatic heterocycles. The van der Waals surface area contributed by atoms with Gasteiger partial charge in [-0.3, -0.25) is 4.79 Å². The van der Waals surface area contributed by atoms with Crippen molar-refractivity contribution in [2.75, 3.05) is 19.0 Å². The van der Waals surface area contributed by atoms with Gasteiger partial charge in [0.1, 0.15) is 22.6 Å². The van der Waals surface area contributed by atoms with Crippen LogP contribution in [0, 0.1) is 23.1 Å². The molecule has 2 aromatic rings. The number of hydrogen-bond donors (Lipinski definition) is 1. The van der Waals surface area contributed by atoms with Gasteiger partial charge in [-0.2, -0.15) is 5.26 Å². The van der Waals surface area contributed by atoms with Crippen molar-refractivity contribution in [3.8, 4) is 11.8 Å². The molecular weight excluding hydrogens is 383 g/mol. The number of amides is 1. The third kappa shape index (κ3) is 4.15. The van der Waals surface area contributed by atoms with Gasteiger partial charge in [0.25, 0.3) is 5.91 Å². The van der Waals surface area contributed by atoms with Crippen molar-refractivity contribution in [3.63, 3.8) is 0 Å². The van der Waals surface area contributed by atoms with Gasteiger partial charge in [0.15, 0.2) is 6.61 Å². The number of hydrogen-bond acceptors (Lipinski definition) is 6. The Morgan fingerprint density at radius 1 is 1.43 bits per heavy atom. The number of halogens is 1. The number of fused-ring (bicyclic) bond motifs is 1. The molecule has 8 heteroatoms. The van der Waals surface area contributed by atoms with Crippen molar-refractivity contribution in [3.05, 3.63) is 45.6 Å². The molecule has 0 spiro atoms. The first-order chi connectivity index (χ1) is 13.4. The Balaban J connectivity index is 1.64. The molecule has 0 saturated heterocycles. The molecule has 146 valence electrons. The van der Waals surface area contributed by atoms with Crippen molar-refractivity contribution in [1.82, 2.24) is 0 Å². The minimum atomic E-state index is -0.949. The van der Waals surface area contributed by atoms with E-state index in [4.69, 9.17) is 9.47 Å². The molecular formula is C20H19FN2O4S. The second-order valence-electron chi connectivity index (χ2n) is 6.64. The summed E-state index contributed by atoms with van der Waals surface area (Å²) in [5.74, 6) is -1.51. The van der Waals surface area contributed by atoms with Crippen LogP contribution in [0.15, 0.2) is 18.2 Å². The van der Waals surface area contributed by atoms with Crippen molar-refractivity contribution in [1.29, 1.82) is 5.26 Å². The molecule has 1 aliphatic rings. The molecule has 28 heavy (non-hydrogen) atoms. The minimum absolute atomic E-state index is 0.270. The van der Waals surface area contributed by atoms with Gasteiger partial charge in [-0.25, -0.2) is 9.18 Å². The third-order valence-corrected chi connectivity index (χ3v) is 5.78. The Kier molecular flexibility index (Phi) is 5.95. The summed E-state index contributed by atoms with van der Waals surface area (Å²) in [7, 11) is 1.38. The molecule has 1 heterocycles. The van der Waals surface area contributed by atoms with Crippen LogP contribution in [0.4, 0.5) is 9.39 Å². The molecule has 1 atom stereocenters. The van der Waals surface area contributed by atoms with Crippen molar-refractivity contribution < 1.29 is 23.5 Å². The van der Waals surface area contributed by atoms with Crippen LogP contribution in [0.5, 0.6) is 5.75 Å². The fourth-order valence-corrected chi connectivity index (χ4v) is 4.49. The van der Waals surface area contributed by atoms with Crippen LogP contribution >= 0.6 is 11.3 Å². The van der Waals surface area contributed by atoms with Crippen LogP contribution < -0.4 is 10.1 Å². The van der Waals surface area contributed by atoms with Crippen LogP contribution in [-0.4, -0.2) is 25.6 Å². The minimum Gasteiger partial charge on any atom is -0.497 e. The average Bonchev–Trinajstić information content (AvgIpc) is 3.01. The second-order valence-corrected chi connectivity index (χ2v) is 7.74. The lowest BCUT2D eigenvalue weighted by Crippen LogP contribution is -2.21. The van der Waals surface area contributed by atoms with Gasteiger partial charge >= 0.3 is 5.97 Å². The monoisotopic (exact) mass is 402 g/mol. The average molecular weight is 402 g/mol. The smallest absolute Gasteiger partial charge is 0.341 e. The number of nitrogens with one attached hydrogen (secondary N) is 1. The van der Waals surface area contributed by atoms with Gasteiger partial charge in [0, 0.05) is 10.9 Å². The summed E-state index contributed by atoms with van der Waals surface area (Å²) in [6, 6.07) is 5.88. The Labute approximate surface area is 165 Å². The van der Waals surface area contributed by atoms with Crippen molar-refractivity contribution in [2.45, 2.75) is 26.2 Å². The summed E-state index contributed by atoms with van der Waals surface area (Å²) in [5.41, 5.74) is 1.19. The number of ether oxygens (including phenoxy) is 2. The van der Waals surface area contributed by atoms with E-state index in [0.717, 1.165) is 35.8 Å². The fraction of sp³-hybridized carbons (Fsp3) is 0.350. The van der Waals surface area contributed by atoms with E-state index in [2.05, 4.69) is 18.3 Å². The summed E-state index contributed by atoms with van der Waals surface area (Å²) in [6.07, 6.45) is 2.71. The van der Waals surface area contributed by atoms with Crippen LogP contribution in [0.25, 0.3) is 0 Å². The first-order valence-electron chi connectivity index (χ1n) is 8.78. The Morgan fingerprint density at radius 3 is 2.89 bits per heavy atom. The molecule has 0 bridgehead atoms. The van der Waals surface area contributed by atoms with Crippen LogP contribution in [0.3, 0.4) is 0 Å². The lowest BCUT2D eigenvalue weighted by atomic mass is 9.89. The number of carbonyl (C=O) groups is 2. The predicted octanol–water partition coefficient (Wildman–Crippen LogP) is 3.69. The number of methoxy groups -OCH3 is 1. The molecule has 1 N–H and O–H groups in total. The van der Waals surface area contributed by atoms with E-state index in [1.807, 2.05) is 0 Å². The maximum absolute atomic E-state index is 13.9. The Morgan fingerprint density at radius 2 is 2.21 bits per heavy atom. The van der Waals surface area contributed by atoms with Crippen LogP contribution in [-0.2, 0) is 22.4 Å². The topological polar surface area (TPSA) is 88.4 Å². The lowest BCUT2D eigenvalue weighted by molar-refractivity contribution is -0.119. The molecule has 1 amide bonds. The largest absolute Gasteiger partial charge is 0.497 e. The number of benzene rings is 1. The van der Waals surface area contributed by atoms with E-state index >= 15 is 0 Å². The highest BCUT2D eigenvalue weighted by Gasteiger charge is 2.25. The highest BCUT2D eigenvalue weighted by atomic mass is 32.1. The summed E-state index contributed by atoms with van der Waals surface area (Å²) in [4.78, 5) is 25.3. The number of carbonyl (C=O) groups excluding carboxylic acids is 2. The summed E-state index contributed by atoms with van der Waals surface area (Å²) < 4.78 is 23.7.